The molecule has 128 valence electrons. The van der Waals surface area contributed by atoms with Crippen molar-refractivity contribution in [1.82, 2.24) is 9.62 Å². The topological polar surface area (TPSA) is 66.5 Å². The van der Waals surface area contributed by atoms with Gasteiger partial charge in [-0.05, 0) is 24.8 Å². The molecular weight excluding hydrogens is 312 g/mol. The van der Waals surface area contributed by atoms with Crippen LogP contribution < -0.4 is 5.32 Å². The molecular formula is C17H26N2O3S. The summed E-state index contributed by atoms with van der Waals surface area (Å²) in [5.74, 6) is 0.282. The molecule has 5 nitrogen and oxygen atoms in total. The first kappa shape index (κ1) is 17.9. The Balaban J connectivity index is 1.83. The number of sulfonamides is 1. The van der Waals surface area contributed by atoms with Crippen molar-refractivity contribution in [3.8, 4) is 0 Å². The standard InChI is InChI=1S/C17H26N2O3S/c1-3-14(15-7-5-4-6-8-15)13-18-17(20)16-9-11-19(12-10-16)23(2,21)22/h4-8,14,16H,3,9-13H2,1-2H3,(H,18,20)/t14-/m1/s1. The van der Waals surface area contributed by atoms with Gasteiger partial charge in [0.1, 0.15) is 0 Å². The van der Waals surface area contributed by atoms with Crippen molar-refractivity contribution in [1.29, 1.82) is 0 Å². The van der Waals surface area contributed by atoms with Gasteiger partial charge in [-0.1, -0.05) is 37.3 Å². The minimum absolute atomic E-state index is 0.0486. The molecule has 1 fully saturated rings. The summed E-state index contributed by atoms with van der Waals surface area (Å²) in [5.41, 5.74) is 1.24. The fraction of sp³-hybridized carbons (Fsp3) is 0.588. The van der Waals surface area contributed by atoms with Crippen LogP contribution in [0.25, 0.3) is 0 Å². The second-order valence-corrected chi connectivity index (χ2v) is 8.18. The van der Waals surface area contributed by atoms with Crippen molar-refractivity contribution >= 4 is 15.9 Å². The summed E-state index contributed by atoms with van der Waals surface area (Å²) in [6.07, 6.45) is 3.39. The van der Waals surface area contributed by atoms with E-state index >= 15 is 0 Å². The molecule has 23 heavy (non-hydrogen) atoms. The summed E-state index contributed by atoms with van der Waals surface area (Å²) in [7, 11) is -3.14. The first-order valence-electron chi connectivity index (χ1n) is 8.19. The maximum absolute atomic E-state index is 12.3. The summed E-state index contributed by atoms with van der Waals surface area (Å²) in [5, 5.41) is 3.05. The van der Waals surface area contributed by atoms with E-state index in [-0.39, 0.29) is 11.8 Å². The van der Waals surface area contributed by atoms with Gasteiger partial charge in [-0.3, -0.25) is 4.79 Å². The molecule has 6 heteroatoms. The van der Waals surface area contributed by atoms with Crippen molar-refractivity contribution in [2.45, 2.75) is 32.1 Å². The van der Waals surface area contributed by atoms with E-state index in [1.54, 1.807) is 0 Å². The van der Waals surface area contributed by atoms with Crippen molar-refractivity contribution in [3.05, 3.63) is 35.9 Å². The van der Waals surface area contributed by atoms with Crippen LogP contribution in [0.15, 0.2) is 30.3 Å². The van der Waals surface area contributed by atoms with Crippen molar-refractivity contribution in [3.63, 3.8) is 0 Å². The summed E-state index contributed by atoms with van der Waals surface area (Å²) in [6, 6.07) is 10.2. The highest BCUT2D eigenvalue weighted by molar-refractivity contribution is 7.88. The highest BCUT2D eigenvalue weighted by Crippen LogP contribution is 2.21. The Morgan fingerprint density at radius 1 is 1.26 bits per heavy atom. The molecule has 0 bridgehead atoms. The van der Waals surface area contributed by atoms with Gasteiger partial charge >= 0.3 is 0 Å². The van der Waals surface area contributed by atoms with Gasteiger partial charge in [0.05, 0.1) is 6.26 Å². The van der Waals surface area contributed by atoms with Crippen LogP contribution in [0.5, 0.6) is 0 Å². The molecule has 1 saturated heterocycles. The predicted octanol–water partition coefficient (Wildman–Crippen LogP) is 1.97. The quantitative estimate of drug-likeness (QED) is 0.862. The number of carbonyl (C=O) groups excluding carboxylic acids is 1. The Kier molecular flexibility index (Phi) is 6.18. The first-order valence-corrected chi connectivity index (χ1v) is 10.0. The molecule has 1 aromatic carbocycles. The lowest BCUT2D eigenvalue weighted by molar-refractivity contribution is -0.126. The number of piperidine rings is 1. The molecule has 0 saturated carbocycles. The zero-order valence-corrected chi connectivity index (χ0v) is 14.7. The van der Waals surface area contributed by atoms with Gasteiger partial charge in [-0.15, -0.1) is 0 Å². The number of carbonyl (C=O) groups is 1. The van der Waals surface area contributed by atoms with Crippen LogP contribution in [0.3, 0.4) is 0 Å². The van der Waals surface area contributed by atoms with Crippen LogP contribution in [0.2, 0.25) is 0 Å². The maximum Gasteiger partial charge on any atom is 0.223 e. The SMILES string of the molecule is CC[C@H](CNC(=O)C1CCN(S(C)(=O)=O)CC1)c1ccccc1. The summed E-state index contributed by atoms with van der Waals surface area (Å²) < 4.78 is 24.5. The Morgan fingerprint density at radius 3 is 2.39 bits per heavy atom. The molecule has 0 aromatic heterocycles. The minimum Gasteiger partial charge on any atom is -0.355 e. The third-order valence-electron chi connectivity index (χ3n) is 4.58. The average molecular weight is 338 g/mol. The summed E-state index contributed by atoms with van der Waals surface area (Å²) in [4.78, 5) is 12.3. The van der Waals surface area contributed by atoms with Crippen molar-refractivity contribution < 1.29 is 13.2 Å². The first-order chi connectivity index (χ1) is 10.9. The highest BCUT2D eigenvalue weighted by Gasteiger charge is 2.29. The number of hydrogen-bond donors (Lipinski definition) is 1. The second kappa shape index (κ2) is 7.93. The molecule has 2 rings (SSSR count). The third kappa shape index (κ3) is 5.04. The molecule has 0 unspecified atom stereocenters. The Labute approximate surface area is 139 Å². The number of amides is 1. The normalized spacial score (nSPS) is 18.5. The van der Waals surface area contributed by atoms with Crippen molar-refractivity contribution in [2.24, 2.45) is 5.92 Å². The Morgan fingerprint density at radius 2 is 1.87 bits per heavy atom. The van der Waals surface area contributed by atoms with E-state index in [9.17, 15) is 13.2 Å². The molecule has 1 amide bonds. The van der Waals surface area contributed by atoms with E-state index < -0.39 is 10.0 Å². The fourth-order valence-electron chi connectivity index (χ4n) is 3.04. The number of hydrogen-bond acceptors (Lipinski definition) is 3. The van der Waals surface area contributed by atoms with E-state index in [0.29, 0.717) is 38.4 Å². The second-order valence-electron chi connectivity index (χ2n) is 6.20. The molecule has 0 radical (unpaired) electrons. The van der Waals surface area contributed by atoms with E-state index in [0.717, 1.165) is 6.42 Å². The van der Waals surface area contributed by atoms with E-state index in [4.69, 9.17) is 0 Å². The van der Waals surface area contributed by atoms with Crippen LogP contribution >= 0.6 is 0 Å². The van der Waals surface area contributed by atoms with Crippen LogP contribution in [-0.4, -0.2) is 44.5 Å². The van der Waals surface area contributed by atoms with Gasteiger partial charge in [0.15, 0.2) is 0 Å². The lowest BCUT2D eigenvalue weighted by atomic mass is 9.94. The smallest absolute Gasteiger partial charge is 0.223 e. The monoisotopic (exact) mass is 338 g/mol. The summed E-state index contributed by atoms with van der Waals surface area (Å²) in [6.45, 7) is 3.62. The Bertz CT molecular complexity index is 608. The molecule has 0 aliphatic carbocycles. The maximum atomic E-state index is 12.3. The molecule has 1 N–H and O–H groups in total. The molecule has 1 aromatic rings. The third-order valence-corrected chi connectivity index (χ3v) is 5.88. The van der Waals surface area contributed by atoms with Crippen LogP contribution in [0.1, 0.15) is 37.7 Å². The number of nitrogens with one attached hydrogen (secondary N) is 1. The Hall–Kier alpha value is -1.40. The van der Waals surface area contributed by atoms with E-state index in [2.05, 4.69) is 24.4 Å². The van der Waals surface area contributed by atoms with E-state index in [1.807, 2.05) is 18.2 Å². The summed E-state index contributed by atoms with van der Waals surface area (Å²) >= 11 is 0. The van der Waals surface area contributed by atoms with Gasteiger partial charge in [0.2, 0.25) is 15.9 Å². The minimum atomic E-state index is -3.14. The molecule has 1 heterocycles. The number of nitrogens with zero attached hydrogens (tertiary/aromatic N) is 1. The highest BCUT2D eigenvalue weighted by atomic mass is 32.2. The van der Waals surface area contributed by atoms with Gasteiger partial charge in [0.25, 0.3) is 0 Å². The van der Waals surface area contributed by atoms with Crippen LogP contribution in [0.4, 0.5) is 0 Å². The molecule has 1 atom stereocenters. The lowest BCUT2D eigenvalue weighted by Crippen LogP contribution is -2.43. The zero-order chi connectivity index (χ0) is 16.9. The van der Waals surface area contributed by atoms with Gasteiger partial charge < -0.3 is 5.32 Å². The molecule has 1 aliphatic rings. The van der Waals surface area contributed by atoms with Gasteiger partial charge in [0, 0.05) is 31.5 Å². The molecule has 0 spiro atoms. The lowest BCUT2D eigenvalue weighted by Gasteiger charge is -2.29. The van der Waals surface area contributed by atoms with Gasteiger partial charge in [-0.25, -0.2) is 12.7 Å². The van der Waals surface area contributed by atoms with Crippen LogP contribution in [-0.2, 0) is 14.8 Å². The van der Waals surface area contributed by atoms with Crippen LogP contribution in [0, 0.1) is 5.92 Å². The van der Waals surface area contributed by atoms with E-state index in [1.165, 1.54) is 16.1 Å². The number of benzene rings is 1. The molecule has 1 aliphatic heterocycles. The average Bonchev–Trinajstić information content (AvgIpc) is 2.55. The fourth-order valence-corrected chi connectivity index (χ4v) is 3.91. The zero-order valence-electron chi connectivity index (χ0n) is 13.9. The largest absolute Gasteiger partial charge is 0.355 e. The van der Waals surface area contributed by atoms with Crippen molar-refractivity contribution in [2.75, 3.05) is 25.9 Å². The number of rotatable bonds is 6. The predicted molar refractivity (Wildman–Crippen MR) is 91.6 cm³/mol. The van der Waals surface area contributed by atoms with Gasteiger partial charge in [-0.2, -0.15) is 0 Å².